The monoisotopic (exact) mass is 346 g/mol. The molecule has 1 N–H and O–H groups in total. The zero-order chi connectivity index (χ0) is 17.7. The largest absolute Gasteiger partial charge is 0.270 e. The SMILES string of the molecule is Cc1ccc(S(=O)(=O)NC(=O)/C=C/c2cccc([N+](=O)[O-])c2)cc1. The van der Waals surface area contributed by atoms with Crippen molar-refractivity contribution in [1.29, 1.82) is 0 Å². The number of amides is 1. The number of nitro benzene ring substituents is 1. The first-order valence-corrected chi connectivity index (χ1v) is 8.32. The average Bonchev–Trinajstić information content (AvgIpc) is 2.53. The third-order valence-corrected chi connectivity index (χ3v) is 4.44. The number of rotatable bonds is 5. The number of hydrogen-bond donors (Lipinski definition) is 1. The molecule has 0 unspecified atom stereocenters. The minimum absolute atomic E-state index is 0.0230. The van der Waals surface area contributed by atoms with Gasteiger partial charge in [0.05, 0.1) is 9.82 Å². The fourth-order valence-corrected chi connectivity index (χ4v) is 2.80. The van der Waals surface area contributed by atoms with Gasteiger partial charge >= 0.3 is 0 Å². The van der Waals surface area contributed by atoms with Gasteiger partial charge in [-0.25, -0.2) is 13.1 Å². The van der Waals surface area contributed by atoms with Gasteiger partial charge in [-0.3, -0.25) is 14.9 Å². The number of carbonyl (C=O) groups is 1. The fraction of sp³-hybridized carbons (Fsp3) is 0.0625. The quantitative estimate of drug-likeness (QED) is 0.508. The molecule has 0 saturated carbocycles. The molecule has 2 aromatic rings. The second-order valence-electron chi connectivity index (χ2n) is 4.97. The van der Waals surface area contributed by atoms with E-state index in [0.717, 1.165) is 11.6 Å². The van der Waals surface area contributed by atoms with Crippen LogP contribution in [0.4, 0.5) is 5.69 Å². The Morgan fingerprint density at radius 1 is 1.17 bits per heavy atom. The van der Waals surface area contributed by atoms with Crippen LogP contribution in [-0.2, 0) is 14.8 Å². The Labute approximate surface area is 138 Å². The maximum absolute atomic E-state index is 12.1. The van der Waals surface area contributed by atoms with E-state index in [1.165, 1.54) is 36.4 Å². The molecule has 124 valence electrons. The summed E-state index contributed by atoms with van der Waals surface area (Å²) in [7, 11) is -3.96. The molecular weight excluding hydrogens is 332 g/mol. The van der Waals surface area contributed by atoms with Crippen LogP contribution >= 0.6 is 0 Å². The molecule has 2 aromatic carbocycles. The number of nitrogens with zero attached hydrogens (tertiary/aromatic N) is 1. The van der Waals surface area contributed by atoms with Crippen LogP contribution < -0.4 is 4.72 Å². The van der Waals surface area contributed by atoms with E-state index in [4.69, 9.17) is 0 Å². The van der Waals surface area contributed by atoms with Gasteiger partial charge in [-0.2, -0.15) is 0 Å². The van der Waals surface area contributed by atoms with E-state index in [1.807, 2.05) is 11.6 Å². The number of nitrogens with one attached hydrogen (secondary N) is 1. The lowest BCUT2D eigenvalue weighted by Crippen LogP contribution is -2.28. The van der Waals surface area contributed by atoms with E-state index in [0.29, 0.717) is 5.56 Å². The van der Waals surface area contributed by atoms with Gasteiger partial charge in [-0.05, 0) is 30.7 Å². The number of carbonyl (C=O) groups excluding carboxylic acids is 1. The number of sulfonamides is 1. The molecule has 0 heterocycles. The Morgan fingerprint density at radius 2 is 1.83 bits per heavy atom. The van der Waals surface area contributed by atoms with Crippen molar-refractivity contribution in [2.45, 2.75) is 11.8 Å². The molecular formula is C16H14N2O5S. The summed E-state index contributed by atoms with van der Waals surface area (Å²) in [6.45, 7) is 1.82. The molecule has 7 nitrogen and oxygen atoms in total. The molecule has 0 aliphatic heterocycles. The Kier molecular flexibility index (Phi) is 5.10. The second kappa shape index (κ2) is 7.05. The van der Waals surface area contributed by atoms with E-state index in [1.54, 1.807) is 18.2 Å². The summed E-state index contributed by atoms with van der Waals surface area (Å²) in [5.41, 5.74) is 1.18. The van der Waals surface area contributed by atoms with E-state index in [-0.39, 0.29) is 10.6 Å². The molecule has 0 aliphatic rings. The highest BCUT2D eigenvalue weighted by molar-refractivity contribution is 7.90. The molecule has 8 heteroatoms. The van der Waals surface area contributed by atoms with Crippen LogP contribution in [0.3, 0.4) is 0 Å². The number of hydrogen-bond acceptors (Lipinski definition) is 5. The van der Waals surface area contributed by atoms with E-state index < -0.39 is 20.9 Å². The number of non-ortho nitro benzene ring substituents is 1. The van der Waals surface area contributed by atoms with Crippen molar-refractivity contribution in [2.75, 3.05) is 0 Å². The summed E-state index contributed by atoms with van der Waals surface area (Å²) in [6.07, 6.45) is 2.30. The van der Waals surface area contributed by atoms with Crippen molar-refractivity contribution in [3.63, 3.8) is 0 Å². The third-order valence-electron chi connectivity index (χ3n) is 3.07. The normalized spacial score (nSPS) is 11.4. The molecule has 0 fully saturated rings. The third kappa shape index (κ3) is 4.50. The Balaban J connectivity index is 2.11. The van der Waals surface area contributed by atoms with Crippen molar-refractivity contribution in [3.05, 3.63) is 75.8 Å². The predicted molar refractivity (Wildman–Crippen MR) is 88.6 cm³/mol. The van der Waals surface area contributed by atoms with Crippen molar-refractivity contribution >= 4 is 27.7 Å². The van der Waals surface area contributed by atoms with Crippen LogP contribution in [-0.4, -0.2) is 19.2 Å². The van der Waals surface area contributed by atoms with Crippen LogP contribution in [0.2, 0.25) is 0 Å². The van der Waals surface area contributed by atoms with E-state index in [2.05, 4.69) is 0 Å². The first-order chi connectivity index (χ1) is 11.3. The van der Waals surface area contributed by atoms with Crippen LogP contribution in [0.15, 0.2) is 59.5 Å². The van der Waals surface area contributed by atoms with Crippen LogP contribution in [0.25, 0.3) is 6.08 Å². The van der Waals surface area contributed by atoms with E-state index in [9.17, 15) is 23.3 Å². The van der Waals surface area contributed by atoms with Crippen molar-refractivity contribution in [1.82, 2.24) is 4.72 Å². The standard InChI is InChI=1S/C16H14N2O5S/c1-12-5-8-15(9-6-12)24(22,23)17-16(19)10-7-13-3-2-4-14(11-13)18(20)21/h2-11H,1H3,(H,17,19)/b10-7+. The highest BCUT2D eigenvalue weighted by Crippen LogP contribution is 2.14. The summed E-state index contributed by atoms with van der Waals surface area (Å²) >= 11 is 0. The zero-order valence-corrected chi connectivity index (χ0v) is 13.5. The first-order valence-electron chi connectivity index (χ1n) is 6.84. The number of aryl methyl sites for hydroxylation is 1. The topological polar surface area (TPSA) is 106 Å². The molecule has 0 saturated heterocycles. The van der Waals surface area contributed by atoms with Gasteiger partial charge in [0.15, 0.2) is 0 Å². The average molecular weight is 346 g/mol. The summed E-state index contributed by atoms with van der Waals surface area (Å²) in [5.74, 6) is -0.845. The Bertz CT molecular complexity index is 902. The maximum atomic E-state index is 12.1. The molecule has 0 bridgehead atoms. The molecule has 2 rings (SSSR count). The molecule has 0 atom stereocenters. The van der Waals surface area contributed by atoms with Gasteiger partial charge in [0.25, 0.3) is 21.6 Å². The molecule has 1 amide bonds. The lowest BCUT2D eigenvalue weighted by molar-refractivity contribution is -0.384. The molecule has 0 radical (unpaired) electrons. The molecule has 24 heavy (non-hydrogen) atoms. The minimum Gasteiger partial charge on any atom is -0.269 e. The second-order valence-corrected chi connectivity index (χ2v) is 6.65. The zero-order valence-electron chi connectivity index (χ0n) is 12.7. The van der Waals surface area contributed by atoms with E-state index >= 15 is 0 Å². The summed E-state index contributed by atoms with van der Waals surface area (Å²) in [6, 6.07) is 11.7. The van der Waals surface area contributed by atoms with Gasteiger partial charge in [0, 0.05) is 18.2 Å². The van der Waals surface area contributed by atoms with Crippen molar-refractivity contribution in [2.24, 2.45) is 0 Å². The molecule has 0 aromatic heterocycles. The minimum atomic E-state index is -3.96. The highest BCUT2D eigenvalue weighted by atomic mass is 32.2. The number of benzene rings is 2. The van der Waals surface area contributed by atoms with Crippen LogP contribution in [0.5, 0.6) is 0 Å². The van der Waals surface area contributed by atoms with Gasteiger partial charge in [-0.15, -0.1) is 0 Å². The van der Waals surface area contributed by atoms with Gasteiger partial charge in [0.1, 0.15) is 0 Å². The lowest BCUT2D eigenvalue weighted by atomic mass is 10.2. The summed E-state index contributed by atoms with van der Waals surface area (Å²) < 4.78 is 26.0. The van der Waals surface area contributed by atoms with Gasteiger partial charge in [-0.1, -0.05) is 29.8 Å². The smallest absolute Gasteiger partial charge is 0.269 e. The maximum Gasteiger partial charge on any atom is 0.270 e. The van der Waals surface area contributed by atoms with Crippen molar-refractivity contribution in [3.8, 4) is 0 Å². The summed E-state index contributed by atoms with van der Waals surface area (Å²) in [4.78, 5) is 21.9. The Hall–Kier alpha value is -3.00. The molecule has 0 spiro atoms. The van der Waals surface area contributed by atoms with Crippen molar-refractivity contribution < 1.29 is 18.1 Å². The predicted octanol–water partition coefficient (Wildman–Crippen LogP) is 2.42. The fourth-order valence-electron chi connectivity index (χ4n) is 1.86. The Morgan fingerprint density at radius 3 is 2.46 bits per heavy atom. The van der Waals surface area contributed by atoms with Crippen LogP contribution in [0.1, 0.15) is 11.1 Å². The van der Waals surface area contributed by atoms with Gasteiger partial charge < -0.3 is 0 Å². The van der Waals surface area contributed by atoms with Gasteiger partial charge in [0.2, 0.25) is 0 Å². The summed E-state index contributed by atoms with van der Waals surface area (Å²) in [5, 5.41) is 10.7. The first kappa shape index (κ1) is 17.4. The molecule has 0 aliphatic carbocycles. The van der Waals surface area contributed by atoms with Crippen LogP contribution in [0, 0.1) is 17.0 Å². The number of nitro groups is 1. The highest BCUT2D eigenvalue weighted by Gasteiger charge is 2.15. The lowest BCUT2D eigenvalue weighted by Gasteiger charge is -2.05.